The maximum absolute atomic E-state index is 2.51. The third-order valence-corrected chi connectivity index (χ3v) is 14.1. The van der Waals surface area contributed by atoms with Gasteiger partial charge in [-0.3, -0.25) is 0 Å². The first kappa shape index (κ1) is 28.1. The van der Waals surface area contributed by atoms with Crippen molar-refractivity contribution >= 4 is 19.3 Å². The molecule has 185 valence electrons. The summed E-state index contributed by atoms with van der Waals surface area (Å²) in [6, 6.07) is 28.0. The third kappa shape index (κ3) is 4.53. The van der Waals surface area contributed by atoms with Crippen LogP contribution in [0.15, 0.2) is 102 Å². The van der Waals surface area contributed by atoms with Crippen molar-refractivity contribution < 1.29 is 49.5 Å². The van der Waals surface area contributed by atoms with Gasteiger partial charge in [-0.1, -0.05) is 42.1 Å². The Morgan fingerprint density at radius 3 is 2.00 bits per heavy atom. The molecule has 2 atom stereocenters. The molecule has 3 aromatic carbocycles. The van der Waals surface area contributed by atoms with E-state index in [-0.39, 0.29) is 24.8 Å². The predicted octanol–water partition coefficient (Wildman–Crippen LogP) is 2.51. The second kappa shape index (κ2) is 10.7. The first-order valence-electron chi connectivity index (χ1n) is 12.4. The molecule has 3 heterocycles. The van der Waals surface area contributed by atoms with Crippen molar-refractivity contribution in [1.29, 1.82) is 0 Å². The van der Waals surface area contributed by atoms with Crippen LogP contribution in [0.25, 0.3) is 28.1 Å². The molecule has 0 spiro atoms. The normalized spacial score (nSPS) is 19.4. The standard InChI is InChI=1S/C16H17NSi.C16H13.2ClH.Zr/c1-11-15-13-9-17(12-7-5-4-6-8-12)10-14(13)16(11)18(15,2)3;1-12-10-14-8-5-9-15(16(14)11-12)13-6-3-2-4-7-13;;;/h4-10,15H,1-3H3;2-11H,1H3;2*1H;/q;;;;+2/p-2. The van der Waals surface area contributed by atoms with E-state index in [0.717, 1.165) is 5.54 Å². The molecule has 2 bridgehead atoms. The minimum absolute atomic E-state index is 0. The Labute approximate surface area is 249 Å². The van der Waals surface area contributed by atoms with E-state index in [1.165, 1.54) is 39.1 Å². The largest absolute Gasteiger partial charge is 1.00 e. The van der Waals surface area contributed by atoms with Crippen LogP contribution < -0.4 is 24.8 Å². The zero-order chi connectivity index (χ0) is 24.3. The van der Waals surface area contributed by atoms with Crippen LogP contribution in [0.1, 0.15) is 45.3 Å². The number of rotatable bonds is 2. The van der Waals surface area contributed by atoms with Crippen molar-refractivity contribution in [2.24, 2.45) is 0 Å². The van der Waals surface area contributed by atoms with E-state index in [0.29, 0.717) is 3.63 Å². The average molecular weight is 619 g/mol. The molecule has 0 amide bonds. The Hall–Kier alpha value is -1.90. The molecular formula is C32H30Cl2NSiZr. The fraction of sp³-hybridized carbons (Fsp3) is 0.188. The number of aromatic nitrogens is 1. The monoisotopic (exact) mass is 616 g/mol. The van der Waals surface area contributed by atoms with Gasteiger partial charge in [0.2, 0.25) is 0 Å². The molecule has 0 saturated heterocycles. The molecular weight excluding hydrogens is 589 g/mol. The fourth-order valence-electron chi connectivity index (χ4n) is 6.52. The van der Waals surface area contributed by atoms with Crippen LogP contribution in [0.5, 0.6) is 0 Å². The summed E-state index contributed by atoms with van der Waals surface area (Å²) in [4.78, 5) is 0. The molecule has 8 rings (SSSR count). The summed E-state index contributed by atoms with van der Waals surface area (Å²) in [5.74, 6) is 0. The van der Waals surface area contributed by atoms with Crippen LogP contribution in [-0.2, 0) is 24.7 Å². The molecule has 2 aliphatic heterocycles. The van der Waals surface area contributed by atoms with Crippen LogP contribution in [0.3, 0.4) is 0 Å². The van der Waals surface area contributed by atoms with Gasteiger partial charge in [0.25, 0.3) is 0 Å². The van der Waals surface area contributed by atoms with Crippen LogP contribution in [0, 0.1) is 0 Å². The number of benzene rings is 3. The van der Waals surface area contributed by atoms with Crippen LogP contribution in [-0.4, -0.2) is 12.6 Å². The van der Waals surface area contributed by atoms with E-state index in [4.69, 9.17) is 0 Å². The first-order chi connectivity index (χ1) is 16.9. The number of para-hydroxylation sites is 1. The first-order valence-corrected chi connectivity index (χ1v) is 16.9. The van der Waals surface area contributed by atoms with Crippen molar-refractivity contribution in [1.82, 2.24) is 4.57 Å². The Kier molecular flexibility index (Phi) is 8.13. The Morgan fingerprint density at radius 2 is 1.38 bits per heavy atom. The van der Waals surface area contributed by atoms with Crippen LogP contribution in [0.4, 0.5) is 0 Å². The maximum Gasteiger partial charge on any atom is -1.00 e. The number of nitrogens with zero attached hydrogens (tertiary/aromatic N) is 1. The molecule has 1 aromatic heterocycles. The second-order valence-corrected chi connectivity index (χ2v) is 16.5. The summed E-state index contributed by atoms with van der Waals surface area (Å²) < 4.78 is 2.94. The molecule has 1 nitrogen and oxygen atoms in total. The van der Waals surface area contributed by atoms with E-state index in [1.54, 1.807) is 41.1 Å². The molecule has 2 aliphatic carbocycles. The molecule has 4 aliphatic rings. The average Bonchev–Trinajstić information content (AvgIpc) is 3.55. The number of hydrogen-bond donors (Lipinski definition) is 0. The van der Waals surface area contributed by atoms with Crippen LogP contribution >= 0.6 is 0 Å². The summed E-state index contributed by atoms with van der Waals surface area (Å²) >= 11 is 1.58. The Bertz CT molecular complexity index is 1500. The number of hydrogen-bond acceptors (Lipinski definition) is 0. The molecule has 0 saturated carbocycles. The van der Waals surface area contributed by atoms with Crippen molar-refractivity contribution in [3.63, 3.8) is 0 Å². The molecule has 4 aromatic rings. The van der Waals surface area contributed by atoms with Gasteiger partial charge in [-0.05, 0) is 30.2 Å². The van der Waals surface area contributed by atoms with E-state index < -0.39 is 8.07 Å². The summed E-state index contributed by atoms with van der Waals surface area (Å²) in [5.41, 5.74) is 13.9. The van der Waals surface area contributed by atoms with Gasteiger partial charge in [0.05, 0.1) is 8.07 Å². The fourth-order valence-corrected chi connectivity index (χ4v) is 11.7. The van der Waals surface area contributed by atoms with Gasteiger partial charge in [-0.2, -0.15) is 0 Å². The minimum atomic E-state index is -1.12. The maximum atomic E-state index is 2.51. The topological polar surface area (TPSA) is 4.93 Å². The van der Waals surface area contributed by atoms with Gasteiger partial charge in [0.15, 0.2) is 0 Å². The van der Waals surface area contributed by atoms with Crippen molar-refractivity contribution in [3.05, 3.63) is 125 Å². The molecule has 2 unspecified atom stereocenters. The van der Waals surface area contributed by atoms with Crippen molar-refractivity contribution in [3.8, 4) is 16.8 Å². The molecule has 0 fully saturated rings. The molecule has 5 heteroatoms. The van der Waals surface area contributed by atoms with Crippen LogP contribution in [0.2, 0.25) is 13.1 Å². The third-order valence-electron chi connectivity index (χ3n) is 8.05. The van der Waals surface area contributed by atoms with Gasteiger partial charge >= 0.3 is 118 Å². The van der Waals surface area contributed by atoms with Gasteiger partial charge in [0, 0.05) is 23.6 Å². The minimum Gasteiger partial charge on any atom is -1.00 e. The van der Waals surface area contributed by atoms with Gasteiger partial charge in [-0.25, -0.2) is 0 Å². The Morgan fingerprint density at radius 1 is 0.730 bits per heavy atom. The SMILES string of the molecule is CC1=C2c3cn(-c4ccccc4)cc3C1[Si]2(C)C.CC1=Cc2c(-c3ccccc3)cccc2[CH]1[Zr+2].[Cl-].[Cl-]. The van der Waals surface area contributed by atoms with E-state index in [9.17, 15) is 0 Å². The summed E-state index contributed by atoms with van der Waals surface area (Å²) in [5, 5.41) is 1.72. The van der Waals surface area contributed by atoms with Gasteiger partial charge < -0.3 is 29.4 Å². The van der Waals surface area contributed by atoms with Gasteiger partial charge in [-0.15, -0.1) is 0 Å². The van der Waals surface area contributed by atoms with E-state index in [2.05, 4.69) is 129 Å². The number of fused-ring (bicyclic) bond motifs is 1. The van der Waals surface area contributed by atoms with Gasteiger partial charge in [0.1, 0.15) is 0 Å². The molecule has 37 heavy (non-hydrogen) atoms. The molecule has 0 N–H and O–H groups in total. The summed E-state index contributed by atoms with van der Waals surface area (Å²) in [7, 11) is -1.12. The quantitative estimate of drug-likeness (QED) is 0.305. The number of allylic oxidation sites excluding steroid dienone is 2. The van der Waals surface area contributed by atoms with Crippen molar-refractivity contribution in [2.45, 2.75) is 36.1 Å². The smallest absolute Gasteiger partial charge is 1.00 e. The predicted molar refractivity (Wildman–Crippen MR) is 147 cm³/mol. The van der Waals surface area contributed by atoms with E-state index >= 15 is 0 Å². The summed E-state index contributed by atoms with van der Waals surface area (Å²) in [6.07, 6.45) is 7.05. The van der Waals surface area contributed by atoms with Crippen molar-refractivity contribution in [2.75, 3.05) is 0 Å². The zero-order valence-electron chi connectivity index (χ0n) is 21.6. The van der Waals surface area contributed by atoms with E-state index in [1.807, 2.05) is 0 Å². The second-order valence-electron chi connectivity index (χ2n) is 10.6. The molecule has 0 radical (unpaired) electrons. The summed E-state index contributed by atoms with van der Waals surface area (Å²) in [6.45, 7) is 9.58. The zero-order valence-corrected chi connectivity index (χ0v) is 26.6. The Balaban J connectivity index is 0.000000164. The number of halogens is 2.